The summed E-state index contributed by atoms with van der Waals surface area (Å²) in [6, 6.07) is 3.36. The van der Waals surface area contributed by atoms with E-state index in [4.69, 9.17) is 27.9 Å². The van der Waals surface area contributed by atoms with E-state index in [1.54, 1.807) is 12.1 Å². The number of ether oxygens (including phenoxy) is 1. The molecule has 102 valence electrons. The summed E-state index contributed by atoms with van der Waals surface area (Å²) in [6.45, 7) is 0.300. The second-order valence-electron chi connectivity index (χ2n) is 3.84. The number of hydrogen-bond donors (Lipinski definition) is 0. The Morgan fingerprint density at radius 2 is 2.00 bits per heavy atom. The lowest BCUT2D eigenvalue weighted by Crippen LogP contribution is -2.08. The van der Waals surface area contributed by atoms with Crippen molar-refractivity contribution in [3.05, 3.63) is 27.7 Å². The van der Waals surface area contributed by atoms with Gasteiger partial charge in [-0.05, 0) is 18.6 Å². The summed E-state index contributed by atoms with van der Waals surface area (Å²) in [5.41, 5.74) is 0.840. The molecule has 0 fully saturated rings. The van der Waals surface area contributed by atoms with Gasteiger partial charge in [-0.1, -0.05) is 39.1 Å². The molecular weight excluding hydrogens is 363 g/mol. The Labute approximate surface area is 125 Å². The van der Waals surface area contributed by atoms with E-state index in [-0.39, 0.29) is 5.75 Å². The van der Waals surface area contributed by atoms with Gasteiger partial charge in [0.05, 0.1) is 17.4 Å². The van der Waals surface area contributed by atoms with Crippen LogP contribution in [0.2, 0.25) is 10.0 Å². The SMILES string of the molecule is CS(=O)(=O)CCCOc1c(Cl)cc(Cl)cc1CBr. The highest BCUT2D eigenvalue weighted by Gasteiger charge is 2.10. The van der Waals surface area contributed by atoms with Crippen molar-refractivity contribution in [1.82, 2.24) is 0 Å². The number of benzene rings is 1. The molecule has 0 saturated heterocycles. The number of halogens is 3. The van der Waals surface area contributed by atoms with Crippen LogP contribution in [0.1, 0.15) is 12.0 Å². The van der Waals surface area contributed by atoms with Crippen LogP contribution in [0.15, 0.2) is 12.1 Å². The van der Waals surface area contributed by atoms with Gasteiger partial charge in [-0.25, -0.2) is 8.42 Å². The van der Waals surface area contributed by atoms with Gasteiger partial charge in [0, 0.05) is 22.2 Å². The van der Waals surface area contributed by atoms with Gasteiger partial charge in [0.2, 0.25) is 0 Å². The third-order valence-corrected chi connectivity index (χ3v) is 4.27. The molecule has 0 aliphatic heterocycles. The molecule has 0 bridgehead atoms. The Hall–Kier alpha value is 0.0300. The van der Waals surface area contributed by atoms with E-state index < -0.39 is 9.84 Å². The quantitative estimate of drug-likeness (QED) is 0.562. The molecule has 0 aliphatic carbocycles. The Bertz CT molecular complexity index is 517. The van der Waals surface area contributed by atoms with Crippen molar-refractivity contribution in [2.45, 2.75) is 11.8 Å². The van der Waals surface area contributed by atoms with Gasteiger partial charge in [0.15, 0.2) is 0 Å². The molecule has 0 heterocycles. The largest absolute Gasteiger partial charge is 0.492 e. The molecule has 3 nitrogen and oxygen atoms in total. The standard InChI is InChI=1S/C11H13BrCl2O3S/c1-18(15,16)4-2-3-17-11-8(7-12)5-9(13)6-10(11)14/h5-6H,2-4,7H2,1H3. The van der Waals surface area contributed by atoms with E-state index in [0.29, 0.717) is 34.2 Å². The van der Waals surface area contributed by atoms with E-state index in [1.807, 2.05) is 0 Å². The van der Waals surface area contributed by atoms with E-state index in [1.165, 1.54) is 6.26 Å². The Morgan fingerprint density at radius 3 is 2.56 bits per heavy atom. The van der Waals surface area contributed by atoms with Crippen molar-refractivity contribution in [2.24, 2.45) is 0 Å². The molecule has 0 aromatic heterocycles. The summed E-state index contributed by atoms with van der Waals surface area (Å²) in [6.07, 6.45) is 1.63. The zero-order valence-electron chi connectivity index (χ0n) is 9.75. The second-order valence-corrected chi connectivity index (χ2v) is 7.51. The predicted molar refractivity (Wildman–Crippen MR) is 78.9 cm³/mol. The van der Waals surface area contributed by atoms with Gasteiger partial charge >= 0.3 is 0 Å². The molecule has 18 heavy (non-hydrogen) atoms. The minimum atomic E-state index is -2.95. The van der Waals surface area contributed by atoms with Gasteiger partial charge in [-0.15, -0.1) is 0 Å². The normalized spacial score (nSPS) is 11.6. The third-order valence-electron chi connectivity index (χ3n) is 2.14. The lowest BCUT2D eigenvalue weighted by molar-refractivity contribution is 0.315. The first-order chi connectivity index (χ1) is 8.33. The average molecular weight is 376 g/mol. The average Bonchev–Trinajstić information content (AvgIpc) is 2.24. The van der Waals surface area contributed by atoms with Crippen molar-refractivity contribution in [3.8, 4) is 5.75 Å². The summed E-state index contributed by atoms with van der Waals surface area (Å²) in [5.74, 6) is 0.647. The smallest absolute Gasteiger partial charge is 0.147 e. The number of hydrogen-bond acceptors (Lipinski definition) is 3. The number of rotatable bonds is 6. The van der Waals surface area contributed by atoms with Crippen LogP contribution in [0, 0.1) is 0 Å². The van der Waals surface area contributed by atoms with E-state index in [0.717, 1.165) is 5.56 Å². The topological polar surface area (TPSA) is 43.4 Å². The highest BCUT2D eigenvalue weighted by molar-refractivity contribution is 9.08. The lowest BCUT2D eigenvalue weighted by Gasteiger charge is -2.12. The molecule has 0 aliphatic rings. The fourth-order valence-corrected chi connectivity index (χ4v) is 3.02. The van der Waals surface area contributed by atoms with E-state index in [9.17, 15) is 8.42 Å². The lowest BCUT2D eigenvalue weighted by atomic mass is 10.2. The minimum absolute atomic E-state index is 0.0991. The van der Waals surface area contributed by atoms with Gasteiger partial charge in [0.1, 0.15) is 15.6 Å². The fraction of sp³-hybridized carbons (Fsp3) is 0.455. The maximum absolute atomic E-state index is 11.0. The van der Waals surface area contributed by atoms with Crippen LogP contribution in [-0.4, -0.2) is 27.0 Å². The maximum atomic E-state index is 11.0. The summed E-state index contributed by atoms with van der Waals surface area (Å²) in [7, 11) is -2.95. The van der Waals surface area contributed by atoms with Crippen molar-refractivity contribution in [3.63, 3.8) is 0 Å². The summed E-state index contributed by atoms with van der Waals surface area (Å²) >= 11 is 15.2. The molecule has 0 unspecified atom stereocenters. The van der Waals surface area contributed by atoms with Gasteiger partial charge < -0.3 is 4.74 Å². The van der Waals surface area contributed by atoms with Crippen molar-refractivity contribution in [2.75, 3.05) is 18.6 Å². The molecule has 1 aromatic carbocycles. The molecule has 7 heteroatoms. The zero-order valence-corrected chi connectivity index (χ0v) is 13.7. The highest BCUT2D eigenvalue weighted by atomic mass is 79.9. The fourth-order valence-electron chi connectivity index (χ4n) is 1.37. The first-order valence-electron chi connectivity index (χ1n) is 5.18. The monoisotopic (exact) mass is 374 g/mol. The van der Waals surface area contributed by atoms with Crippen LogP contribution >= 0.6 is 39.1 Å². The van der Waals surface area contributed by atoms with E-state index in [2.05, 4.69) is 15.9 Å². The minimum Gasteiger partial charge on any atom is -0.492 e. The highest BCUT2D eigenvalue weighted by Crippen LogP contribution is 2.33. The summed E-state index contributed by atoms with van der Waals surface area (Å²) in [4.78, 5) is 0. The Morgan fingerprint density at radius 1 is 1.33 bits per heavy atom. The van der Waals surface area contributed by atoms with Crippen molar-refractivity contribution >= 4 is 49.0 Å². The van der Waals surface area contributed by atoms with Crippen LogP contribution in [0.4, 0.5) is 0 Å². The second kappa shape index (κ2) is 6.98. The zero-order chi connectivity index (χ0) is 13.8. The predicted octanol–water partition coefficient (Wildman–Crippen LogP) is 3.70. The molecule has 1 aromatic rings. The molecule has 0 atom stereocenters. The van der Waals surface area contributed by atoms with Crippen LogP contribution in [0.5, 0.6) is 5.75 Å². The third kappa shape index (κ3) is 5.34. The molecule has 0 amide bonds. The molecule has 0 saturated carbocycles. The van der Waals surface area contributed by atoms with Crippen molar-refractivity contribution in [1.29, 1.82) is 0 Å². The summed E-state index contributed by atoms with van der Waals surface area (Å²) < 4.78 is 27.5. The van der Waals surface area contributed by atoms with Crippen LogP contribution in [-0.2, 0) is 15.2 Å². The molecule has 0 spiro atoms. The van der Waals surface area contributed by atoms with Crippen LogP contribution in [0.25, 0.3) is 0 Å². The number of sulfone groups is 1. The van der Waals surface area contributed by atoms with Gasteiger partial charge in [-0.3, -0.25) is 0 Å². The molecule has 1 rings (SSSR count). The molecular formula is C11H13BrCl2O3S. The Balaban J connectivity index is 2.67. The maximum Gasteiger partial charge on any atom is 0.147 e. The van der Waals surface area contributed by atoms with Crippen molar-refractivity contribution < 1.29 is 13.2 Å². The molecule has 0 radical (unpaired) electrons. The number of alkyl halides is 1. The molecule has 0 N–H and O–H groups in total. The van der Waals surface area contributed by atoms with Crippen LogP contribution < -0.4 is 4.74 Å². The first-order valence-corrected chi connectivity index (χ1v) is 9.11. The first kappa shape index (κ1) is 16.1. The van der Waals surface area contributed by atoms with Gasteiger partial charge in [0.25, 0.3) is 0 Å². The van der Waals surface area contributed by atoms with E-state index >= 15 is 0 Å². The van der Waals surface area contributed by atoms with Gasteiger partial charge in [-0.2, -0.15) is 0 Å². The summed E-state index contributed by atoms with van der Waals surface area (Å²) in [5, 5.41) is 1.53. The van der Waals surface area contributed by atoms with Crippen LogP contribution in [0.3, 0.4) is 0 Å². The Kier molecular flexibility index (Phi) is 6.24.